The Morgan fingerprint density at radius 2 is 1.82 bits per heavy atom. The highest BCUT2D eigenvalue weighted by atomic mass is 16.5. The van der Waals surface area contributed by atoms with E-state index in [1.165, 1.54) is 25.7 Å². The minimum Gasteiger partial charge on any atom is -0.381 e. The van der Waals surface area contributed by atoms with Crippen LogP contribution >= 0.6 is 0 Å². The Morgan fingerprint density at radius 1 is 1.18 bits per heavy atom. The number of hydrogen-bond donors (Lipinski definition) is 1. The maximum Gasteiger partial charge on any atom is 0.0468 e. The first kappa shape index (κ1) is 15.0. The highest BCUT2D eigenvalue weighted by Crippen LogP contribution is 2.25. The van der Waals surface area contributed by atoms with Crippen molar-refractivity contribution in [3.05, 3.63) is 0 Å². The number of nitrogens with one attached hydrogen (secondary N) is 1. The van der Waals surface area contributed by atoms with Gasteiger partial charge in [0.1, 0.15) is 0 Å². The van der Waals surface area contributed by atoms with Crippen molar-refractivity contribution in [2.45, 2.75) is 59.4 Å². The van der Waals surface area contributed by atoms with E-state index in [1.807, 2.05) is 0 Å². The summed E-state index contributed by atoms with van der Waals surface area (Å²) >= 11 is 0. The summed E-state index contributed by atoms with van der Waals surface area (Å²) in [5.74, 6) is 2.41. The zero-order valence-electron chi connectivity index (χ0n) is 12.2. The van der Waals surface area contributed by atoms with Crippen molar-refractivity contribution < 1.29 is 4.74 Å². The van der Waals surface area contributed by atoms with Crippen LogP contribution in [0.4, 0.5) is 0 Å². The minimum atomic E-state index is 0.693. The monoisotopic (exact) mass is 241 g/mol. The van der Waals surface area contributed by atoms with Crippen molar-refractivity contribution in [1.82, 2.24) is 5.32 Å². The number of hydrogen-bond acceptors (Lipinski definition) is 2. The average molecular weight is 241 g/mol. The molecule has 0 amide bonds. The molecule has 1 aliphatic rings. The summed E-state index contributed by atoms with van der Waals surface area (Å²) in [5, 5.41) is 3.76. The smallest absolute Gasteiger partial charge is 0.0468 e. The van der Waals surface area contributed by atoms with E-state index in [1.54, 1.807) is 0 Å². The molecule has 2 nitrogen and oxygen atoms in total. The van der Waals surface area contributed by atoms with Gasteiger partial charge in [-0.25, -0.2) is 0 Å². The zero-order chi connectivity index (χ0) is 12.7. The van der Waals surface area contributed by atoms with Crippen LogP contribution in [0.1, 0.15) is 53.4 Å². The summed E-state index contributed by atoms with van der Waals surface area (Å²) in [4.78, 5) is 0. The van der Waals surface area contributed by atoms with E-state index in [0.717, 1.165) is 37.5 Å². The molecule has 0 aromatic carbocycles. The van der Waals surface area contributed by atoms with Crippen molar-refractivity contribution in [2.75, 3.05) is 19.8 Å². The Bertz CT molecular complexity index is 187. The summed E-state index contributed by atoms with van der Waals surface area (Å²) in [5.41, 5.74) is 0. The van der Waals surface area contributed by atoms with Crippen LogP contribution in [-0.2, 0) is 4.74 Å². The first-order chi connectivity index (χ1) is 8.15. The molecule has 17 heavy (non-hydrogen) atoms. The molecule has 2 atom stereocenters. The first-order valence-electron chi connectivity index (χ1n) is 7.46. The zero-order valence-corrected chi connectivity index (χ0v) is 12.2. The highest BCUT2D eigenvalue weighted by Gasteiger charge is 2.24. The van der Waals surface area contributed by atoms with E-state index in [2.05, 4.69) is 33.0 Å². The van der Waals surface area contributed by atoms with Gasteiger partial charge in [0.25, 0.3) is 0 Å². The van der Waals surface area contributed by atoms with Gasteiger partial charge in [-0.3, -0.25) is 0 Å². The molecule has 1 N–H and O–H groups in total. The van der Waals surface area contributed by atoms with Gasteiger partial charge in [0.15, 0.2) is 0 Å². The maximum atomic E-state index is 5.45. The lowest BCUT2D eigenvalue weighted by Crippen LogP contribution is -2.40. The van der Waals surface area contributed by atoms with Crippen molar-refractivity contribution >= 4 is 0 Å². The Labute approximate surface area is 108 Å². The van der Waals surface area contributed by atoms with Gasteiger partial charge in [0.05, 0.1) is 0 Å². The molecule has 1 heterocycles. The number of ether oxygens (including phenoxy) is 1. The summed E-state index contributed by atoms with van der Waals surface area (Å²) < 4.78 is 5.45. The second-order valence-corrected chi connectivity index (χ2v) is 5.96. The van der Waals surface area contributed by atoms with Crippen molar-refractivity contribution in [3.63, 3.8) is 0 Å². The normalized spacial score (nSPS) is 21.7. The van der Waals surface area contributed by atoms with Crippen LogP contribution in [0.3, 0.4) is 0 Å². The molecule has 1 saturated heterocycles. The summed E-state index contributed by atoms with van der Waals surface area (Å²) in [6.45, 7) is 12.4. The van der Waals surface area contributed by atoms with E-state index in [9.17, 15) is 0 Å². The van der Waals surface area contributed by atoms with Gasteiger partial charge < -0.3 is 10.1 Å². The van der Waals surface area contributed by atoms with E-state index < -0.39 is 0 Å². The van der Waals surface area contributed by atoms with Crippen molar-refractivity contribution in [3.8, 4) is 0 Å². The fourth-order valence-corrected chi connectivity index (χ4v) is 2.62. The molecule has 1 aliphatic heterocycles. The molecule has 2 unspecified atom stereocenters. The fraction of sp³-hybridized carbons (Fsp3) is 1.00. The molecular weight excluding hydrogens is 210 g/mol. The molecule has 0 bridgehead atoms. The van der Waals surface area contributed by atoms with Gasteiger partial charge in [0, 0.05) is 19.3 Å². The lowest BCUT2D eigenvalue weighted by atomic mass is 9.82. The molecule has 102 valence electrons. The molecule has 0 aromatic rings. The summed E-state index contributed by atoms with van der Waals surface area (Å²) in [6.07, 6.45) is 5.09. The molecule has 0 saturated carbocycles. The van der Waals surface area contributed by atoms with Crippen LogP contribution in [-0.4, -0.2) is 25.8 Å². The predicted octanol–water partition coefficient (Wildman–Crippen LogP) is 3.46. The Kier molecular flexibility index (Phi) is 7.14. The van der Waals surface area contributed by atoms with Crippen LogP contribution in [0.25, 0.3) is 0 Å². The van der Waals surface area contributed by atoms with Crippen LogP contribution < -0.4 is 5.32 Å². The lowest BCUT2D eigenvalue weighted by Gasteiger charge is -2.32. The van der Waals surface area contributed by atoms with Gasteiger partial charge >= 0.3 is 0 Å². The van der Waals surface area contributed by atoms with Crippen LogP contribution in [0.5, 0.6) is 0 Å². The quantitative estimate of drug-likeness (QED) is 0.737. The van der Waals surface area contributed by atoms with E-state index in [4.69, 9.17) is 4.74 Å². The SMILES string of the molecule is CCCNC(CC1CCOCC1)C(C)C(C)C. The van der Waals surface area contributed by atoms with Crippen molar-refractivity contribution in [2.24, 2.45) is 17.8 Å². The van der Waals surface area contributed by atoms with E-state index in [-0.39, 0.29) is 0 Å². The second kappa shape index (κ2) is 8.10. The third kappa shape index (κ3) is 5.39. The minimum absolute atomic E-state index is 0.693. The largest absolute Gasteiger partial charge is 0.381 e. The van der Waals surface area contributed by atoms with Crippen molar-refractivity contribution in [1.29, 1.82) is 0 Å². The van der Waals surface area contributed by atoms with E-state index >= 15 is 0 Å². The summed E-state index contributed by atoms with van der Waals surface area (Å²) in [7, 11) is 0. The Hall–Kier alpha value is -0.0800. The standard InChI is InChI=1S/C15H31NO/c1-5-8-16-15(13(4)12(2)3)11-14-6-9-17-10-7-14/h12-16H,5-11H2,1-4H3. The molecule has 0 aromatic heterocycles. The lowest BCUT2D eigenvalue weighted by molar-refractivity contribution is 0.0569. The number of rotatable bonds is 7. The molecule has 0 aliphatic carbocycles. The average Bonchev–Trinajstić information content (AvgIpc) is 2.34. The molecule has 2 heteroatoms. The fourth-order valence-electron chi connectivity index (χ4n) is 2.62. The third-order valence-electron chi connectivity index (χ3n) is 4.27. The first-order valence-corrected chi connectivity index (χ1v) is 7.46. The third-order valence-corrected chi connectivity index (χ3v) is 4.27. The van der Waals surface area contributed by atoms with Crippen LogP contribution in [0, 0.1) is 17.8 Å². The molecular formula is C15H31NO. The van der Waals surface area contributed by atoms with Gasteiger partial charge in [-0.2, -0.15) is 0 Å². The second-order valence-electron chi connectivity index (χ2n) is 5.96. The van der Waals surface area contributed by atoms with Gasteiger partial charge in [-0.15, -0.1) is 0 Å². The summed E-state index contributed by atoms with van der Waals surface area (Å²) in [6, 6.07) is 0.693. The predicted molar refractivity (Wildman–Crippen MR) is 74.2 cm³/mol. The Balaban J connectivity index is 2.43. The maximum absolute atomic E-state index is 5.45. The Morgan fingerprint density at radius 3 is 2.35 bits per heavy atom. The van der Waals surface area contributed by atoms with Crippen LogP contribution in [0.2, 0.25) is 0 Å². The van der Waals surface area contributed by atoms with Gasteiger partial charge in [-0.05, 0) is 50.0 Å². The molecule has 1 fully saturated rings. The van der Waals surface area contributed by atoms with Gasteiger partial charge in [0.2, 0.25) is 0 Å². The van der Waals surface area contributed by atoms with E-state index in [0.29, 0.717) is 6.04 Å². The molecule has 1 rings (SSSR count). The van der Waals surface area contributed by atoms with Gasteiger partial charge in [-0.1, -0.05) is 27.7 Å². The highest BCUT2D eigenvalue weighted by molar-refractivity contribution is 4.79. The topological polar surface area (TPSA) is 21.3 Å². The van der Waals surface area contributed by atoms with Crippen LogP contribution in [0.15, 0.2) is 0 Å². The molecule has 0 radical (unpaired) electrons. The molecule has 0 spiro atoms.